The van der Waals surface area contributed by atoms with Crippen LogP contribution >= 0.6 is 0 Å². The third-order valence-corrected chi connectivity index (χ3v) is 7.45. The van der Waals surface area contributed by atoms with Gasteiger partial charge in [0.15, 0.2) is 6.61 Å². The molecule has 4 rings (SSSR count). The molecule has 0 aromatic heterocycles. The number of para-hydroxylation sites is 3. The number of benzene rings is 4. The van der Waals surface area contributed by atoms with Gasteiger partial charge in [0.1, 0.15) is 12.3 Å². The number of carboxylic acid groups (broad SMARTS) is 1. The third-order valence-electron chi connectivity index (χ3n) is 7.45. The van der Waals surface area contributed by atoms with Crippen molar-refractivity contribution in [3.63, 3.8) is 0 Å². The molecule has 0 saturated heterocycles. The van der Waals surface area contributed by atoms with E-state index in [1.165, 1.54) is 15.9 Å². The van der Waals surface area contributed by atoms with E-state index in [0.29, 0.717) is 22.6 Å². The number of carboxylic acids is 1. The van der Waals surface area contributed by atoms with Crippen LogP contribution in [-0.4, -0.2) is 61.6 Å². The van der Waals surface area contributed by atoms with Crippen LogP contribution in [0.25, 0.3) is 0 Å². The molecule has 0 bridgehead atoms. The third kappa shape index (κ3) is 9.66. The molecule has 0 spiro atoms. The van der Waals surface area contributed by atoms with Crippen LogP contribution in [0.1, 0.15) is 16.7 Å². The lowest BCUT2D eigenvalue weighted by atomic mass is 10.1. The molecule has 0 atom stereocenters. The zero-order valence-corrected chi connectivity index (χ0v) is 26.9. The van der Waals surface area contributed by atoms with Crippen molar-refractivity contribution in [3.8, 4) is 5.75 Å². The molecule has 0 aliphatic rings. The highest BCUT2D eigenvalue weighted by molar-refractivity contribution is 6.06. The Morgan fingerprint density at radius 2 is 1.50 bits per heavy atom. The van der Waals surface area contributed by atoms with Crippen molar-refractivity contribution in [2.45, 2.75) is 20.3 Å². The number of rotatable bonds is 13. The number of carbonyl (C=O) groups is 5. The molecule has 0 fully saturated rings. The Bertz CT molecular complexity index is 1790. The number of urea groups is 1. The second-order valence-corrected chi connectivity index (χ2v) is 10.9. The summed E-state index contributed by atoms with van der Waals surface area (Å²) in [5.41, 5.74) is 4.27. The molecular formula is C36H37N5O7. The van der Waals surface area contributed by atoms with Gasteiger partial charge in [0.05, 0.1) is 18.7 Å². The number of ether oxygens (including phenoxy) is 1. The summed E-state index contributed by atoms with van der Waals surface area (Å²) in [6.07, 6.45) is -0.218. The van der Waals surface area contributed by atoms with Crippen LogP contribution in [0.2, 0.25) is 0 Å². The minimum atomic E-state index is -1.01. The Morgan fingerprint density at radius 3 is 2.25 bits per heavy atom. The standard InChI is InChI=1S/C36H37N5O7/c1-24-11-9-16-29(25(24)2)39-32(42)23-48-31-18-8-7-17-30(31)41(22-34(44)40(3)28-14-5-4-6-15-28)33(43)21-37-36(47)38-27-13-10-12-26(19-27)20-35(45)46/h4-19H,20-23H2,1-3H3,(H,39,42)(H,45,46)(H2,37,38,47). The number of nitrogens with one attached hydrogen (secondary N) is 3. The monoisotopic (exact) mass is 651 g/mol. The van der Waals surface area contributed by atoms with E-state index >= 15 is 0 Å². The molecule has 0 saturated carbocycles. The first-order valence-electron chi connectivity index (χ1n) is 15.1. The summed E-state index contributed by atoms with van der Waals surface area (Å²) in [6, 6.07) is 26.6. The van der Waals surface area contributed by atoms with Crippen molar-refractivity contribution in [1.29, 1.82) is 0 Å². The number of amides is 5. The van der Waals surface area contributed by atoms with Gasteiger partial charge >= 0.3 is 12.0 Å². The Morgan fingerprint density at radius 1 is 0.792 bits per heavy atom. The summed E-state index contributed by atoms with van der Waals surface area (Å²) < 4.78 is 5.87. The topological polar surface area (TPSA) is 157 Å². The first-order valence-corrected chi connectivity index (χ1v) is 15.1. The second-order valence-electron chi connectivity index (χ2n) is 10.9. The number of likely N-dealkylation sites (N-methyl/N-ethyl adjacent to an activating group) is 1. The SMILES string of the molecule is Cc1cccc(NC(=O)COc2ccccc2N(CC(=O)N(C)c2ccccc2)C(=O)CNC(=O)Nc2cccc(CC(=O)O)c2)c1C. The van der Waals surface area contributed by atoms with Gasteiger partial charge in [-0.05, 0) is 73.0 Å². The van der Waals surface area contributed by atoms with Crippen LogP contribution in [0.3, 0.4) is 0 Å². The van der Waals surface area contributed by atoms with E-state index < -0.39 is 42.8 Å². The summed E-state index contributed by atoms with van der Waals surface area (Å²) in [6.45, 7) is 2.58. The lowest BCUT2D eigenvalue weighted by molar-refractivity contribution is -0.136. The predicted molar refractivity (Wildman–Crippen MR) is 183 cm³/mol. The first-order chi connectivity index (χ1) is 23.0. The van der Waals surface area contributed by atoms with Crippen LogP contribution in [-0.2, 0) is 25.6 Å². The normalized spacial score (nSPS) is 10.4. The predicted octanol–water partition coefficient (Wildman–Crippen LogP) is 4.77. The number of aliphatic carboxylic acids is 1. The van der Waals surface area contributed by atoms with Crippen molar-refractivity contribution >= 4 is 52.5 Å². The van der Waals surface area contributed by atoms with Crippen LogP contribution in [0.5, 0.6) is 5.75 Å². The maximum atomic E-state index is 13.7. The van der Waals surface area contributed by atoms with Crippen LogP contribution in [0.4, 0.5) is 27.5 Å². The molecule has 5 amide bonds. The fraction of sp³-hybridized carbons (Fsp3) is 0.194. The largest absolute Gasteiger partial charge is 0.482 e. The Hall–Kier alpha value is -6.17. The Labute approximate surface area is 278 Å². The molecule has 0 heterocycles. The summed E-state index contributed by atoms with van der Waals surface area (Å²) >= 11 is 0. The van der Waals surface area contributed by atoms with E-state index in [4.69, 9.17) is 9.84 Å². The minimum Gasteiger partial charge on any atom is -0.482 e. The van der Waals surface area contributed by atoms with Gasteiger partial charge in [-0.3, -0.25) is 24.1 Å². The van der Waals surface area contributed by atoms with Crippen LogP contribution in [0, 0.1) is 13.8 Å². The summed E-state index contributed by atoms with van der Waals surface area (Å²) in [4.78, 5) is 66.3. The molecule has 4 N–H and O–H groups in total. The zero-order valence-electron chi connectivity index (χ0n) is 26.9. The number of aryl methyl sites for hydroxylation is 1. The van der Waals surface area contributed by atoms with Crippen LogP contribution in [0.15, 0.2) is 97.1 Å². The number of anilines is 4. The second kappa shape index (κ2) is 16.4. The number of hydrogen-bond donors (Lipinski definition) is 4. The summed E-state index contributed by atoms with van der Waals surface area (Å²) in [5, 5.41) is 17.0. The quantitative estimate of drug-likeness (QED) is 0.162. The highest BCUT2D eigenvalue weighted by atomic mass is 16.5. The fourth-order valence-electron chi connectivity index (χ4n) is 4.72. The number of nitrogens with zero attached hydrogens (tertiary/aromatic N) is 2. The van der Waals surface area contributed by atoms with Crippen molar-refractivity contribution in [3.05, 3.63) is 114 Å². The molecule has 248 valence electrons. The maximum Gasteiger partial charge on any atom is 0.319 e. The van der Waals surface area contributed by atoms with E-state index in [1.54, 1.807) is 79.8 Å². The molecule has 12 nitrogen and oxygen atoms in total. The molecule has 0 aliphatic carbocycles. The molecule has 48 heavy (non-hydrogen) atoms. The van der Waals surface area contributed by atoms with Crippen molar-refractivity contribution in [2.75, 3.05) is 47.2 Å². The fourth-order valence-corrected chi connectivity index (χ4v) is 4.72. The van der Waals surface area contributed by atoms with Gasteiger partial charge < -0.3 is 30.7 Å². The average Bonchev–Trinajstić information content (AvgIpc) is 3.07. The molecule has 4 aromatic rings. The van der Waals surface area contributed by atoms with E-state index in [1.807, 2.05) is 32.0 Å². The number of carbonyl (C=O) groups excluding carboxylic acids is 4. The number of hydrogen-bond acceptors (Lipinski definition) is 6. The van der Waals surface area contributed by atoms with E-state index in [0.717, 1.165) is 11.1 Å². The maximum absolute atomic E-state index is 13.7. The highest BCUT2D eigenvalue weighted by Gasteiger charge is 2.25. The van der Waals surface area contributed by atoms with Gasteiger partial charge in [-0.1, -0.05) is 54.6 Å². The van der Waals surface area contributed by atoms with Gasteiger partial charge in [-0.2, -0.15) is 0 Å². The lowest BCUT2D eigenvalue weighted by Crippen LogP contribution is -2.46. The van der Waals surface area contributed by atoms with Crippen molar-refractivity contribution in [1.82, 2.24) is 5.32 Å². The molecule has 0 aliphatic heterocycles. The van der Waals surface area contributed by atoms with E-state index in [2.05, 4.69) is 16.0 Å². The van der Waals surface area contributed by atoms with E-state index in [9.17, 15) is 24.0 Å². The van der Waals surface area contributed by atoms with Gasteiger partial charge in [0.2, 0.25) is 11.8 Å². The van der Waals surface area contributed by atoms with E-state index in [-0.39, 0.29) is 24.5 Å². The Balaban J connectivity index is 1.50. The van der Waals surface area contributed by atoms with Gasteiger partial charge in [-0.15, -0.1) is 0 Å². The van der Waals surface area contributed by atoms with Crippen molar-refractivity contribution in [2.24, 2.45) is 0 Å². The zero-order chi connectivity index (χ0) is 34.6. The summed E-state index contributed by atoms with van der Waals surface area (Å²) in [7, 11) is 1.59. The molecule has 0 unspecified atom stereocenters. The molecule has 12 heteroatoms. The highest BCUT2D eigenvalue weighted by Crippen LogP contribution is 2.29. The van der Waals surface area contributed by atoms with Gasteiger partial charge in [0.25, 0.3) is 5.91 Å². The molecule has 0 radical (unpaired) electrons. The van der Waals surface area contributed by atoms with Crippen LogP contribution < -0.4 is 30.5 Å². The smallest absolute Gasteiger partial charge is 0.319 e. The Kier molecular flexibility index (Phi) is 11.9. The summed E-state index contributed by atoms with van der Waals surface area (Å²) in [5.74, 6) is -2.30. The lowest BCUT2D eigenvalue weighted by Gasteiger charge is -2.27. The first kappa shape index (κ1) is 34.7. The minimum absolute atomic E-state index is 0.178. The molecular weight excluding hydrogens is 614 g/mol. The van der Waals surface area contributed by atoms with Crippen molar-refractivity contribution < 1.29 is 33.8 Å². The molecule has 4 aromatic carbocycles. The van der Waals surface area contributed by atoms with Gasteiger partial charge in [-0.25, -0.2) is 4.79 Å². The van der Waals surface area contributed by atoms with Gasteiger partial charge in [0, 0.05) is 24.1 Å². The average molecular weight is 652 g/mol.